The Morgan fingerprint density at radius 3 is 2.76 bits per heavy atom. The SMILES string of the molecule is Cc1ccc(C)c(CC(N)C2=CCCCC2)c1. The quantitative estimate of drug-likeness (QED) is 0.786. The lowest BCUT2D eigenvalue weighted by atomic mass is 9.89. The molecule has 1 nitrogen and oxygen atoms in total. The van der Waals surface area contributed by atoms with Gasteiger partial charge in [-0.1, -0.05) is 35.4 Å². The number of rotatable bonds is 3. The first kappa shape index (κ1) is 12.4. The molecular formula is C16H23N. The summed E-state index contributed by atoms with van der Waals surface area (Å²) in [4.78, 5) is 0. The number of hydrogen-bond acceptors (Lipinski definition) is 1. The third kappa shape index (κ3) is 3.19. The van der Waals surface area contributed by atoms with Gasteiger partial charge in [-0.3, -0.25) is 0 Å². The smallest absolute Gasteiger partial charge is 0.0294 e. The normalized spacial score (nSPS) is 17.7. The lowest BCUT2D eigenvalue weighted by Crippen LogP contribution is -2.26. The van der Waals surface area contributed by atoms with Crippen LogP contribution >= 0.6 is 0 Å². The highest BCUT2D eigenvalue weighted by Crippen LogP contribution is 2.22. The Labute approximate surface area is 105 Å². The number of aryl methyl sites for hydroxylation is 2. The molecule has 1 aromatic rings. The van der Waals surface area contributed by atoms with Gasteiger partial charge in [-0.05, 0) is 57.1 Å². The van der Waals surface area contributed by atoms with Gasteiger partial charge in [0.25, 0.3) is 0 Å². The molecule has 0 saturated heterocycles. The summed E-state index contributed by atoms with van der Waals surface area (Å²) >= 11 is 0. The molecule has 17 heavy (non-hydrogen) atoms. The average molecular weight is 229 g/mol. The van der Waals surface area contributed by atoms with E-state index in [9.17, 15) is 0 Å². The Hall–Kier alpha value is -1.08. The van der Waals surface area contributed by atoms with Crippen LogP contribution in [0.5, 0.6) is 0 Å². The molecular weight excluding hydrogens is 206 g/mol. The van der Waals surface area contributed by atoms with Crippen LogP contribution in [0.1, 0.15) is 42.4 Å². The molecule has 0 aliphatic heterocycles. The van der Waals surface area contributed by atoms with Gasteiger partial charge in [-0.15, -0.1) is 0 Å². The molecule has 1 heteroatoms. The summed E-state index contributed by atoms with van der Waals surface area (Å²) in [6, 6.07) is 6.87. The molecule has 0 spiro atoms. The lowest BCUT2D eigenvalue weighted by Gasteiger charge is -2.20. The minimum atomic E-state index is 0.218. The van der Waals surface area contributed by atoms with E-state index in [4.69, 9.17) is 5.73 Å². The molecule has 1 aliphatic carbocycles. The predicted molar refractivity (Wildman–Crippen MR) is 74.1 cm³/mol. The van der Waals surface area contributed by atoms with Gasteiger partial charge < -0.3 is 5.73 Å². The van der Waals surface area contributed by atoms with E-state index >= 15 is 0 Å². The van der Waals surface area contributed by atoms with Crippen LogP contribution in [0.2, 0.25) is 0 Å². The van der Waals surface area contributed by atoms with Crippen molar-refractivity contribution in [3.63, 3.8) is 0 Å². The minimum absolute atomic E-state index is 0.218. The summed E-state index contributed by atoms with van der Waals surface area (Å²) < 4.78 is 0. The van der Waals surface area contributed by atoms with Crippen molar-refractivity contribution in [1.82, 2.24) is 0 Å². The van der Waals surface area contributed by atoms with Crippen LogP contribution in [0, 0.1) is 13.8 Å². The summed E-state index contributed by atoms with van der Waals surface area (Å²) in [6.07, 6.45) is 8.41. The second-order valence-corrected chi connectivity index (χ2v) is 5.27. The Balaban J connectivity index is 2.09. The molecule has 0 bridgehead atoms. The average Bonchev–Trinajstić information content (AvgIpc) is 2.35. The molecule has 1 aromatic carbocycles. The molecule has 0 fully saturated rings. The summed E-state index contributed by atoms with van der Waals surface area (Å²) in [5.41, 5.74) is 11.9. The standard InChI is InChI=1S/C16H23N/c1-12-8-9-13(2)15(10-12)11-16(17)14-6-4-3-5-7-14/h6,8-10,16H,3-5,7,11,17H2,1-2H3. The first-order chi connectivity index (χ1) is 8.16. The van der Waals surface area contributed by atoms with Crippen LogP contribution < -0.4 is 5.73 Å². The van der Waals surface area contributed by atoms with Crippen molar-refractivity contribution in [3.8, 4) is 0 Å². The van der Waals surface area contributed by atoms with Crippen LogP contribution in [0.25, 0.3) is 0 Å². The van der Waals surface area contributed by atoms with E-state index in [0.29, 0.717) is 0 Å². The Morgan fingerprint density at radius 1 is 1.24 bits per heavy atom. The van der Waals surface area contributed by atoms with Crippen molar-refractivity contribution in [2.45, 2.75) is 52.0 Å². The van der Waals surface area contributed by atoms with Gasteiger partial charge in [0.05, 0.1) is 0 Å². The van der Waals surface area contributed by atoms with Gasteiger partial charge in [0.15, 0.2) is 0 Å². The maximum Gasteiger partial charge on any atom is 0.0294 e. The zero-order valence-electron chi connectivity index (χ0n) is 11.0. The van der Waals surface area contributed by atoms with Crippen molar-refractivity contribution < 1.29 is 0 Å². The number of benzene rings is 1. The second-order valence-electron chi connectivity index (χ2n) is 5.27. The van der Waals surface area contributed by atoms with Crippen LogP contribution in [-0.4, -0.2) is 6.04 Å². The molecule has 2 N–H and O–H groups in total. The monoisotopic (exact) mass is 229 g/mol. The maximum atomic E-state index is 6.33. The third-order valence-electron chi connectivity index (χ3n) is 3.75. The highest BCUT2D eigenvalue weighted by Gasteiger charge is 2.13. The summed E-state index contributed by atoms with van der Waals surface area (Å²) in [5, 5.41) is 0. The van der Waals surface area contributed by atoms with Gasteiger partial charge in [0.2, 0.25) is 0 Å². The van der Waals surface area contributed by atoms with Gasteiger partial charge in [0, 0.05) is 6.04 Å². The van der Waals surface area contributed by atoms with Gasteiger partial charge >= 0.3 is 0 Å². The minimum Gasteiger partial charge on any atom is -0.324 e. The first-order valence-corrected chi connectivity index (χ1v) is 6.67. The van der Waals surface area contributed by atoms with Gasteiger partial charge in [-0.2, -0.15) is 0 Å². The number of allylic oxidation sites excluding steroid dienone is 1. The fourth-order valence-electron chi connectivity index (χ4n) is 2.59. The van der Waals surface area contributed by atoms with E-state index in [1.54, 1.807) is 0 Å². The van der Waals surface area contributed by atoms with Crippen molar-refractivity contribution in [1.29, 1.82) is 0 Å². The largest absolute Gasteiger partial charge is 0.324 e. The van der Waals surface area contributed by atoms with E-state index in [1.165, 1.54) is 47.9 Å². The van der Waals surface area contributed by atoms with Crippen LogP contribution in [0.3, 0.4) is 0 Å². The highest BCUT2D eigenvalue weighted by molar-refractivity contribution is 5.32. The Bertz CT molecular complexity index is 418. The number of nitrogens with two attached hydrogens (primary N) is 1. The van der Waals surface area contributed by atoms with Gasteiger partial charge in [0.1, 0.15) is 0 Å². The molecule has 2 rings (SSSR count). The van der Waals surface area contributed by atoms with Gasteiger partial charge in [-0.25, -0.2) is 0 Å². The van der Waals surface area contributed by atoms with E-state index in [2.05, 4.69) is 38.1 Å². The first-order valence-electron chi connectivity index (χ1n) is 6.67. The highest BCUT2D eigenvalue weighted by atomic mass is 14.6. The summed E-state index contributed by atoms with van der Waals surface area (Å²) in [7, 11) is 0. The third-order valence-corrected chi connectivity index (χ3v) is 3.75. The molecule has 0 saturated carbocycles. The maximum absolute atomic E-state index is 6.33. The Kier molecular flexibility index (Phi) is 4.01. The lowest BCUT2D eigenvalue weighted by molar-refractivity contribution is 0.629. The fraction of sp³-hybridized carbons (Fsp3) is 0.500. The molecule has 1 atom stereocenters. The molecule has 1 unspecified atom stereocenters. The van der Waals surface area contributed by atoms with Crippen LogP contribution in [-0.2, 0) is 6.42 Å². The molecule has 0 amide bonds. The predicted octanol–water partition coefficient (Wildman–Crippen LogP) is 3.67. The molecule has 1 aliphatic rings. The molecule has 0 heterocycles. The Morgan fingerprint density at radius 2 is 2.06 bits per heavy atom. The van der Waals surface area contributed by atoms with Crippen LogP contribution in [0.4, 0.5) is 0 Å². The van der Waals surface area contributed by atoms with Crippen molar-refractivity contribution in [2.24, 2.45) is 5.73 Å². The topological polar surface area (TPSA) is 26.0 Å². The summed E-state index contributed by atoms with van der Waals surface area (Å²) in [5.74, 6) is 0. The van der Waals surface area contributed by atoms with E-state index in [1.807, 2.05) is 0 Å². The fourth-order valence-corrected chi connectivity index (χ4v) is 2.59. The van der Waals surface area contributed by atoms with E-state index < -0.39 is 0 Å². The summed E-state index contributed by atoms with van der Waals surface area (Å²) in [6.45, 7) is 4.32. The van der Waals surface area contributed by atoms with Crippen LogP contribution in [0.15, 0.2) is 29.8 Å². The molecule has 0 aromatic heterocycles. The molecule has 0 radical (unpaired) electrons. The second kappa shape index (κ2) is 5.50. The van der Waals surface area contributed by atoms with Crippen molar-refractivity contribution >= 4 is 0 Å². The van der Waals surface area contributed by atoms with E-state index in [0.717, 1.165) is 6.42 Å². The van der Waals surface area contributed by atoms with Crippen molar-refractivity contribution in [2.75, 3.05) is 0 Å². The number of hydrogen-bond donors (Lipinski definition) is 1. The zero-order chi connectivity index (χ0) is 12.3. The zero-order valence-corrected chi connectivity index (χ0v) is 11.0. The van der Waals surface area contributed by atoms with E-state index in [-0.39, 0.29) is 6.04 Å². The van der Waals surface area contributed by atoms with Crippen molar-refractivity contribution in [3.05, 3.63) is 46.5 Å². The molecule has 92 valence electrons.